The highest BCUT2D eigenvalue weighted by Crippen LogP contribution is 2.27. The zero-order valence-electron chi connectivity index (χ0n) is 13.0. The molecule has 1 saturated carbocycles. The van der Waals surface area contributed by atoms with Crippen LogP contribution >= 0.6 is 0 Å². The largest absolute Gasteiger partial charge is 0.393 e. The average molecular weight is 282 g/mol. The Morgan fingerprint density at radius 3 is 2.65 bits per heavy atom. The summed E-state index contributed by atoms with van der Waals surface area (Å²) in [5, 5.41) is 13.8. The summed E-state index contributed by atoms with van der Waals surface area (Å²) in [7, 11) is 0. The van der Waals surface area contributed by atoms with Crippen LogP contribution in [0.25, 0.3) is 0 Å². The zero-order valence-corrected chi connectivity index (χ0v) is 13.0. The first-order chi connectivity index (χ1) is 9.63. The number of nitrogens with zero attached hydrogens (tertiary/aromatic N) is 1. The van der Waals surface area contributed by atoms with E-state index in [1.807, 2.05) is 18.7 Å². The van der Waals surface area contributed by atoms with Gasteiger partial charge in [-0.25, -0.2) is 0 Å². The lowest BCUT2D eigenvalue weighted by atomic mass is 9.84. The van der Waals surface area contributed by atoms with Crippen molar-refractivity contribution in [2.24, 2.45) is 11.8 Å². The number of rotatable bonds is 6. The second-order valence-corrected chi connectivity index (χ2v) is 6.53. The van der Waals surface area contributed by atoms with Gasteiger partial charge in [0.2, 0.25) is 5.91 Å². The summed E-state index contributed by atoms with van der Waals surface area (Å²) in [5.74, 6) is 1.28. The quantitative estimate of drug-likeness (QED) is 0.781. The first-order valence-corrected chi connectivity index (χ1v) is 8.33. The number of carbonyl (C=O) groups excluding carboxylic acids is 1. The minimum atomic E-state index is -0.282. The molecule has 2 rings (SSSR count). The number of piperidine rings is 1. The van der Waals surface area contributed by atoms with E-state index >= 15 is 0 Å². The molecule has 1 heterocycles. The number of nitrogens with one attached hydrogen (secondary N) is 1. The Kier molecular flexibility index (Phi) is 5.85. The van der Waals surface area contributed by atoms with Crippen molar-refractivity contribution in [1.82, 2.24) is 10.2 Å². The van der Waals surface area contributed by atoms with Crippen molar-refractivity contribution in [3.05, 3.63) is 0 Å². The summed E-state index contributed by atoms with van der Waals surface area (Å²) < 4.78 is 0. The van der Waals surface area contributed by atoms with Gasteiger partial charge in [0, 0.05) is 31.5 Å². The van der Waals surface area contributed by atoms with Crippen LogP contribution < -0.4 is 5.32 Å². The molecule has 3 atom stereocenters. The normalized spacial score (nSPS) is 29.1. The van der Waals surface area contributed by atoms with Crippen molar-refractivity contribution >= 4 is 5.91 Å². The van der Waals surface area contributed by atoms with Crippen molar-refractivity contribution in [3.63, 3.8) is 0 Å². The maximum absolute atomic E-state index is 12.0. The second kappa shape index (κ2) is 7.41. The molecule has 1 aliphatic carbocycles. The maximum atomic E-state index is 12.0. The van der Waals surface area contributed by atoms with Gasteiger partial charge in [0.05, 0.1) is 6.10 Å². The number of hydrogen-bond acceptors (Lipinski definition) is 3. The Bertz CT molecular complexity index is 318. The van der Waals surface area contributed by atoms with Gasteiger partial charge in [-0.3, -0.25) is 4.79 Å². The summed E-state index contributed by atoms with van der Waals surface area (Å²) in [4.78, 5) is 13.9. The second-order valence-electron chi connectivity index (χ2n) is 6.53. The van der Waals surface area contributed by atoms with Gasteiger partial charge >= 0.3 is 0 Å². The predicted octanol–water partition coefficient (Wildman–Crippen LogP) is 1.77. The summed E-state index contributed by atoms with van der Waals surface area (Å²) in [5.41, 5.74) is 0. The molecule has 116 valence electrons. The van der Waals surface area contributed by atoms with Crippen molar-refractivity contribution in [2.75, 3.05) is 19.6 Å². The van der Waals surface area contributed by atoms with Crippen LogP contribution in [-0.4, -0.2) is 47.7 Å². The van der Waals surface area contributed by atoms with Gasteiger partial charge in [-0.2, -0.15) is 0 Å². The Hall–Kier alpha value is -0.610. The molecule has 0 aromatic carbocycles. The Balaban J connectivity index is 1.89. The number of aliphatic hydroxyl groups excluding tert-OH is 1. The third-order valence-corrected chi connectivity index (χ3v) is 5.02. The van der Waals surface area contributed by atoms with Crippen molar-refractivity contribution in [1.29, 1.82) is 0 Å². The van der Waals surface area contributed by atoms with E-state index in [-0.39, 0.29) is 17.9 Å². The highest BCUT2D eigenvalue weighted by Gasteiger charge is 2.32. The lowest BCUT2D eigenvalue weighted by Gasteiger charge is -2.40. The molecule has 0 bridgehead atoms. The highest BCUT2D eigenvalue weighted by atomic mass is 16.3. The van der Waals surface area contributed by atoms with Gasteiger partial charge < -0.3 is 15.3 Å². The zero-order chi connectivity index (χ0) is 14.5. The van der Waals surface area contributed by atoms with Gasteiger partial charge in [0.15, 0.2) is 0 Å². The van der Waals surface area contributed by atoms with E-state index in [2.05, 4.69) is 5.32 Å². The van der Waals surface area contributed by atoms with Gasteiger partial charge in [0.1, 0.15) is 0 Å². The SMILES string of the molecule is CCC(=O)N1CC(NCC2CCC2)CC(C(O)CC)C1. The smallest absolute Gasteiger partial charge is 0.222 e. The van der Waals surface area contributed by atoms with E-state index in [9.17, 15) is 9.90 Å². The third kappa shape index (κ3) is 3.95. The van der Waals surface area contributed by atoms with Crippen LogP contribution in [0, 0.1) is 11.8 Å². The molecule has 2 fully saturated rings. The Morgan fingerprint density at radius 2 is 2.10 bits per heavy atom. The fraction of sp³-hybridized carbons (Fsp3) is 0.938. The summed E-state index contributed by atoms with van der Waals surface area (Å²) in [6, 6.07) is 0.353. The molecule has 2 N–H and O–H groups in total. The first kappa shape index (κ1) is 15.8. The van der Waals surface area contributed by atoms with E-state index in [0.29, 0.717) is 12.5 Å². The standard InChI is InChI=1S/C16H30N2O2/c1-3-15(19)13-8-14(17-9-12-6-5-7-12)11-18(10-13)16(20)4-2/h12-15,17,19H,3-11H2,1-2H3. The van der Waals surface area contributed by atoms with Crippen LogP contribution in [0.4, 0.5) is 0 Å². The number of aliphatic hydroxyl groups is 1. The monoisotopic (exact) mass is 282 g/mol. The summed E-state index contributed by atoms with van der Waals surface area (Å²) in [6.07, 6.45) is 6.11. The molecule has 4 nitrogen and oxygen atoms in total. The molecule has 1 aliphatic heterocycles. The van der Waals surface area contributed by atoms with Gasteiger partial charge in [-0.05, 0) is 38.1 Å². The number of carbonyl (C=O) groups is 1. The van der Waals surface area contributed by atoms with Crippen molar-refractivity contribution in [3.8, 4) is 0 Å². The molecule has 0 spiro atoms. The Morgan fingerprint density at radius 1 is 1.35 bits per heavy atom. The van der Waals surface area contributed by atoms with Gasteiger partial charge in [-0.15, -0.1) is 0 Å². The molecule has 20 heavy (non-hydrogen) atoms. The highest BCUT2D eigenvalue weighted by molar-refractivity contribution is 5.76. The molecule has 2 aliphatic rings. The van der Waals surface area contributed by atoms with Crippen LogP contribution in [0.3, 0.4) is 0 Å². The van der Waals surface area contributed by atoms with Gasteiger partial charge in [0.25, 0.3) is 0 Å². The molecule has 0 aromatic rings. The third-order valence-electron chi connectivity index (χ3n) is 5.02. The van der Waals surface area contributed by atoms with Crippen LogP contribution in [0.15, 0.2) is 0 Å². The Labute approximate surface area is 122 Å². The fourth-order valence-corrected chi connectivity index (χ4v) is 3.36. The average Bonchev–Trinajstić information content (AvgIpc) is 2.43. The fourth-order valence-electron chi connectivity index (χ4n) is 3.36. The molecule has 1 amide bonds. The lowest BCUT2D eigenvalue weighted by Crippen LogP contribution is -2.54. The van der Waals surface area contributed by atoms with Crippen molar-refractivity contribution < 1.29 is 9.90 Å². The molecule has 3 unspecified atom stereocenters. The molecular weight excluding hydrogens is 252 g/mol. The van der Waals surface area contributed by atoms with E-state index in [1.54, 1.807) is 0 Å². The number of likely N-dealkylation sites (tertiary alicyclic amines) is 1. The van der Waals surface area contributed by atoms with Gasteiger partial charge in [-0.1, -0.05) is 20.3 Å². The minimum absolute atomic E-state index is 0.216. The van der Waals surface area contributed by atoms with Crippen molar-refractivity contribution in [2.45, 2.75) is 64.5 Å². The van der Waals surface area contributed by atoms with Crippen LogP contribution in [0.1, 0.15) is 52.4 Å². The molecule has 1 saturated heterocycles. The molecular formula is C16H30N2O2. The maximum Gasteiger partial charge on any atom is 0.222 e. The van der Waals surface area contributed by atoms with E-state index < -0.39 is 0 Å². The molecule has 4 heteroatoms. The number of hydrogen-bond donors (Lipinski definition) is 2. The summed E-state index contributed by atoms with van der Waals surface area (Å²) in [6.45, 7) is 6.55. The van der Waals surface area contributed by atoms with E-state index in [1.165, 1.54) is 19.3 Å². The summed E-state index contributed by atoms with van der Waals surface area (Å²) >= 11 is 0. The first-order valence-electron chi connectivity index (χ1n) is 8.33. The van der Waals surface area contributed by atoms with Crippen LogP contribution in [-0.2, 0) is 4.79 Å². The number of amides is 1. The minimum Gasteiger partial charge on any atom is -0.393 e. The van der Waals surface area contributed by atoms with E-state index in [4.69, 9.17) is 0 Å². The molecule has 0 aromatic heterocycles. The predicted molar refractivity (Wildman–Crippen MR) is 80.4 cm³/mol. The van der Waals surface area contributed by atoms with E-state index in [0.717, 1.165) is 38.4 Å². The molecule has 0 radical (unpaired) electrons. The van der Waals surface area contributed by atoms with Crippen LogP contribution in [0.5, 0.6) is 0 Å². The lowest BCUT2D eigenvalue weighted by molar-refractivity contribution is -0.134. The van der Waals surface area contributed by atoms with Crippen LogP contribution in [0.2, 0.25) is 0 Å². The topological polar surface area (TPSA) is 52.6 Å².